The van der Waals surface area contributed by atoms with E-state index in [-0.39, 0.29) is 13.2 Å². The number of carboxylic acid groups (broad SMARTS) is 1. The molecule has 2 N–H and O–H groups in total. The molecule has 0 saturated heterocycles. The van der Waals surface area contributed by atoms with Crippen LogP contribution in [-0.4, -0.2) is 29.4 Å². The molecule has 0 spiro atoms. The highest BCUT2D eigenvalue weighted by Crippen LogP contribution is 2.30. The zero-order valence-electron chi connectivity index (χ0n) is 12.2. The lowest BCUT2D eigenvalue weighted by atomic mass is 9.87. The van der Waals surface area contributed by atoms with Gasteiger partial charge in [0.2, 0.25) is 0 Å². The fourth-order valence-corrected chi connectivity index (χ4v) is 2.37. The third kappa shape index (κ3) is 3.33. The number of ether oxygens (including phenoxy) is 1. The molecule has 1 rings (SSSR count). The molecule has 0 aromatic heterocycles. The minimum Gasteiger partial charge on any atom is -0.480 e. The molecule has 106 valence electrons. The van der Waals surface area contributed by atoms with Crippen molar-refractivity contribution >= 4 is 5.97 Å². The predicted octanol–water partition coefficient (Wildman–Crippen LogP) is 2.36. The Hall–Kier alpha value is -1.39. The SMILES string of the molecule is Cc1c(C)c(C)c(C(O)COCC(=O)O)c(C)c1C. The Morgan fingerprint density at radius 3 is 1.84 bits per heavy atom. The Labute approximate surface area is 114 Å². The van der Waals surface area contributed by atoms with Gasteiger partial charge in [0, 0.05) is 0 Å². The van der Waals surface area contributed by atoms with Gasteiger partial charge in [-0.1, -0.05) is 0 Å². The van der Waals surface area contributed by atoms with Gasteiger partial charge >= 0.3 is 5.97 Å². The first kappa shape index (κ1) is 15.7. The smallest absolute Gasteiger partial charge is 0.329 e. The topological polar surface area (TPSA) is 66.8 Å². The predicted molar refractivity (Wildman–Crippen MR) is 73.5 cm³/mol. The van der Waals surface area contributed by atoms with Crippen LogP contribution in [0.15, 0.2) is 0 Å². The first-order chi connectivity index (χ1) is 8.77. The number of carbonyl (C=O) groups is 1. The molecule has 0 aliphatic heterocycles. The second kappa shape index (κ2) is 6.17. The van der Waals surface area contributed by atoms with Crippen LogP contribution in [0.4, 0.5) is 0 Å². The largest absolute Gasteiger partial charge is 0.480 e. The number of carboxylic acids is 1. The molecule has 0 amide bonds. The summed E-state index contributed by atoms with van der Waals surface area (Å²) in [5, 5.41) is 18.7. The molecule has 0 aliphatic carbocycles. The van der Waals surface area contributed by atoms with Crippen LogP contribution in [-0.2, 0) is 9.53 Å². The van der Waals surface area contributed by atoms with Crippen LogP contribution >= 0.6 is 0 Å². The highest BCUT2D eigenvalue weighted by atomic mass is 16.5. The van der Waals surface area contributed by atoms with E-state index in [9.17, 15) is 9.90 Å². The van der Waals surface area contributed by atoms with Crippen molar-refractivity contribution in [3.63, 3.8) is 0 Å². The van der Waals surface area contributed by atoms with Gasteiger partial charge < -0.3 is 14.9 Å². The summed E-state index contributed by atoms with van der Waals surface area (Å²) >= 11 is 0. The Bertz CT molecular complexity index is 462. The van der Waals surface area contributed by atoms with E-state index in [0.717, 1.165) is 27.8 Å². The molecule has 1 aromatic rings. The lowest BCUT2D eigenvalue weighted by molar-refractivity contribution is -0.143. The summed E-state index contributed by atoms with van der Waals surface area (Å²) in [7, 11) is 0. The van der Waals surface area contributed by atoms with Crippen molar-refractivity contribution in [3.8, 4) is 0 Å². The van der Waals surface area contributed by atoms with Crippen molar-refractivity contribution in [2.75, 3.05) is 13.2 Å². The van der Waals surface area contributed by atoms with E-state index in [0.29, 0.717) is 0 Å². The van der Waals surface area contributed by atoms with Crippen molar-refractivity contribution < 1.29 is 19.7 Å². The number of aliphatic hydroxyl groups is 1. The summed E-state index contributed by atoms with van der Waals surface area (Å²) in [6.07, 6.45) is -0.794. The highest BCUT2D eigenvalue weighted by Gasteiger charge is 2.18. The summed E-state index contributed by atoms with van der Waals surface area (Å²) < 4.78 is 4.98. The molecule has 4 heteroatoms. The van der Waals surface area contributed by atoms with E-state index in [1.165, 1.54) is 5.56 Å². The Kier molecular flexibility index (Phi) is 5.09. The zero-order valence-corrected chi connectivity index (χ0v) is 12.2. The highest BCUT2D eigenvalue weighted by molar-refractivity contribution is 5.68. The van der Waals surface area contributed by atoms with E-state index in [1.807, 2.05) is 27.7 Å². The lowest BCUT2D eigenvalue weighted by Crippen LogP contribution is -2.16. The second-order valence-corrected chi connectivity index (χ2v) is 4.96. The summed E-state index contributed by atoms with van der Waals surface area (Å²) in [6, 6.07) is 0. The molecule has 1 aromatic carbocycles. The molecular formula is C15H22O4. The lowest BCUT2D eigenvalue weighted by Gasteiger charge is -2.22. The van der Waals surface area contributed by atoms with Crippen molar-refractivity contribution in [2.45, 2.75) is 40.7 Å². The first-order valence-electron chi connectivity index (χ1n) is 6.31. The van der Waals surface area contributed by atoms with Crippen molar-refractivity contribution in [1.82, 2.24) is 0 Å². The zero-order chi connectivity index (χ0) is 14.7. The van der Waals surface area contributed by atoms with E-state index in [1.54, 1.807) is 0 Å². The number of aliphatic hydroxyl groups excluding tert-OH is 1. The van der Waals surface area contributed by atoms with Gasteiger partial charge in [-0.2, -0.15) is 0 Å². The molecule has 0 aliphatic rings. The minimum absolute atomic E-state index is 0.00405. The number of benzene rings is 1. The molecule has 4 nitrogen and oxygen atoms in total. The molecule has 19 heavy (non-hydrogen) atoms. The Morgan fingerprint density at radius 2 is 1.42 bits per heavy atom. The van der Waals surface area contributed by atoms with Crippen LogP contribution < -0.4 is 0 Å². The van der Waals surface area contributed by atoms with Crippen molar-refractivity contribution in [3.05, 3.63) is 33.4 Å². The van der Waals surface area contributed by atoms with Gasteiger partial charge in [0.15, 0.2) is 0 Å². The Morgan fingerprint density at radius 1 is 1.00 bits per heavy atom. The number of rotatable bonds is 5. The molecule has 1 unspecified atom stereocenters. The standard InChI is InChI=1S/C15H22O4/c1-8-9(2)11(4)15(12(5)10(8)3)13(16)6-19-7-14(17)18/h13,16H,6-7H2,1-5H3,(H,17,18). The number of aliphatic carboxylic acids is 1. The minimum atomic E-state index is -1.03. The third-order valence-corrected chi connectivity index (χ3v) is 3.89. The normalized spacial score (nSPS) is 12.5. The van der Waals surface area contributed by atoms with Gasteiger partial charge in [0.25, 0.3) is 0 Å². The summed E-state index contributed by atoms with van der Waals surface area (Å²) in [5.74, 6) is -1.03. The van der Waals surface area contributed by atoms with Crippen LogP contribution in [0.2, 0.25) is 0 Å². The fraction of sp³-hybridized carbons (Fsp3) is 0.533. The van der Waals surface area contributed by atoms with Crippen LogP contribution in [0.1, 0.15) is 39.5 Å². The molecule has 0 fully saturated rings. The summed E-state index contributed by atoms with van der Waals surface area (Å²) in [4.78, 5) is 10.4. The van der Waals surface area contributed by atoms with Crippen LogP contribution in [0, 0.1) is 34.6 Å². The van der Waals surface area contributed by atoms with Gasteiger partial charge in [-0.3, -0.25) is 0 Å². The van der Waals surface area contributed by atoms with Crippen LogP contribution in [0.25, 0.3) is 0 Å². The van der Waals surface area contributed by atoms with Crippen LogP contribution in [0.3, 0.4) is 0 Å². The monoisotopic (exact) mass is 266 g/mol. The second-order valence-electron chi connectivity index (χ2n) is 4.96. The molecule has 1 atom stereocenters. The quantitative estimate of drug-likeness (QED) is 0.858. The van der Waals surface area contributed by atoms with Gasteiger partial charge in [0.1, 0.15) is 12.7 Å². The van der Waals surface area contributed by atoms with Gasteiger partial charge in [0.05, 0.1) is 6.61 Å². The molecule has 0 bridgehead atoms. The number of hydrogen-bond donors (Lipinski definition) is 2. The van der Waals surface area contributed by atoms with Gasteiger partial charge in [-0.05, 0) is 68.0 Å². The van der Waals surface area contributed by atoms with E-state index in [4.69, 9.17) is 9.84 Å². The maximum atomic E-state index is 10.4. The summed E-state index contributed by atoms with van der Waals surface area (Å²) in [5.41, 5.74) is 6.51. The van der Waals surface area contributed by atoms with Crippen molar-refractivity contribution in [2.24, 2.45) is 0 Å². The van der Waals surface area contributed by atoms with Gasteiger partial charge in [-0.15, -0.1) is 0 Å². The van der Waals surface area contributed by atoms with E-state index in [2.05, 4.69) is 6.92 Å². The number of hydrogen-bond acceptors (Lipinski definition) is 3. The molecular weight excluding hydrogens is 244 g/mol. The van der Waals surface area contributed by atoms with Crippen LogP contribution in [0.5, 0.6) is 0 Å². The molecule has 0 radical (unpaired) electrons. The summed E-state index contributed by atoms with van der Waals surface area (Å²) in [6.45, 7) is 9.70. The molecule has 0 saturated carbocycles. The molecule has 0 heterocycles. The first-order valence-corrected chi connectivity index (χ1v) is 6.31. The average Bonchev–Trinajstić information content (AvgIpc) is 2.34. The average molecular weight is 266 g/mol. The van der Waals surface area contributed by atoms with E-state index < -0.39 is 12.1 Å². The Balaban J connectivity index is 3.03. The van der Waals surface area contributed by atoms with Gasteiger partial charge in [-0.25, -0.2) is 4.79 Å². The third-order valence-electron chi connectivity index (χ3n) is 3.89. The maximum absolute atomic E-state index is 10.4. The van der Waals surface area contributed by atoms with Crippen molar-refractivity contribution in [1.29, 1.82) is 0 Å². The fourth-order valence-electron chi connectivity index (χ4n) is 2.37. The maximum Gasteiger partial charge on any atom is 0.329 e. The van der Waals surface area contributed by atoms with E-state index >= 15 is 0 Å².